The minimum atomic E-state index is -0.351. The average Bonchev–Trinajstić information content (AvgIpc) is 2.56. The summed E-state index contributed by atoms with van der Waals surface area (Å²) in [5.74, 6) is 0.358. The maximum atomic E-state index is 12.4. The van der Waals surface area contributed by atoms with Crippen molar-refractivity contribution in [1.29, 1.82) is 0 Å². The number of hydrogen-bond acceptors (Lipinski definition) is 5. The molecular formula is C15H21N3O3. The number of aromatic hydroxyl groups is 1. The van der Waals surface area contributed by atoms with Gasteiger partial charge in [-0.2, -0.15) is 0 Å². The summed E-state index contributed by atoms with van der Waals surface area (Å²) < 4.78 is 5.52. The molecule has 1 amide bonds. The van der Waals surface area contributed by atoms with Gasteiger partial charge < -0.3 is 25.0 Å². The number of ether oxygens (including phenoxy) is 1. The van der Waals surface area contributed by atoms with Crippen molar-refractivity contribution in [3.8, 4) is 5.75 Å². The molecule has 2 fully saturated rings. The van der Waals surface area contributed by atoms with Gasteiger partial charge in [0.2, 0.25) is 0 Å². The lowest BCUT2D eigenvalue weighted by atomic mass is 10.2. The van der Waals surface area contributed by atoms with Crippen molar-refractivity contribution in [1.82, 2.24) is 10.2 Å². The molecule has 0 aromatic heterocycles. The smallest absolute Gasteiger partial charge is 0.253 e. The summed E-state index contributed by atoms with van der Waals surface area (Å²) in [5.41, 5.74) is 0.834. The number of benzene rings is 1. The van der Waals surface area contributed by atoms with Gasteiger partial charge in [-0.15, -0.1) is 0 Å². The number of carbonyl (C=O) groups is 1. The molecule has 6 nitrogen and oxygen atoms in total. The summed E-state index contributed by atoms with van der Waals surface area (Å²) in [6.07, 6.45) is -0.351. The van der Waals surface area contributed by atoms with E-state index in [0.717, 1.165) is 25.3 Å². The average molecular weight is 291 g/mol. The largest absolute Gasteiger partial charge is 0.506 e. The number of nitrogens with one attached hydrogen (secondary N) is 1. The van der Waals surface area contributed by atoms with Gasteiger partial charge in [0.05, 0.1) is 12.3 Å². The molecule has 1 atom stereocenters. The molecule has 1 aromatic rings. The number of piperazine rings is 1. The Morgan fingerprint density at radius 2 is 2.00 bits per heavy atom. The lowest BCUT2D eigenvalue weighted by molar-refractivity contribution is -0.145. The monoisotopic (exact) mass is 291 g/mol. The lowest BCUT2D eigenvalue weighted by Crippen LogP contribution is -2.55. The van der Waals surface area contributed by atoms with Crippen LogP contribution in [0, 0.1) is 0 Å². The van der Waals surface area contributed by atoms with E-state index < -0.39 is 0 Å². The Bertz CT molecular complexity index is 495. The van der Waals surface area contributed by atoms with Crippen molar-refractivity contribution in [2.45, 2.75) is 6.10 Å². The van der Waals surface area contributed by atoms with Crippen LogP contribution in [0.5, 0.6) is 5.75 Å². The molecule has 0 saturated carbocycles. The van der Waals surface area contributed by atoms with E-state index in [9.17, 15) is 9.90 Å². The number of hydrogen-bond donors (Lipinski definition) is 2. The maximum Gasteiger partial charge on any atom is 0.253 e. The number of phenols is 1. The number of anilines is 1. The molecule has 0 spiro atoms. The summed E-state index contributed by atoms with van der Waals surface area (Å²) in [4.78, 5) is 16.3. The molecule has 2 aliphatic rings. The van der Waals surface area contributed by atoms with E-state index in [2.05, 4.69) is 10.2 Å². The predicted molar refractivity (Wildman–Crippen MR) is 79.5 cm³/mol. The predicted octanol–water partition coefficient (Wildman–Crippen LogP) is 0.0292. The summed E-state index contributed by atoms with van der Waals surface area (Å²) in [7, 11) is 0. The Morgan fingerprint density at radius 3 is 2.67 bits per heavy atom. The van der Waals surface area contributed by atoms with E-state index in [1.807, 2.05) is 23.1 Å². The molecule has 3 rings (SSSR count). The van der Waals surface area contributed by atoms with Crippen molar-refractivity contribution in [3.63, 3.8) is 0 Å². The Balaban J connectivity index is 1.57. The Hall–Kier alpha value is -1.79. The molecule has 1 unspecified atom stereocenters. The van der Waals surface area contributed by atoms with Crippen LogP contribution in [-0.4, -0.2) is 67.9 Å². The molecule has 114 valence electrons. The zero-order valence-electron chi connectivity index (χ0n) is 12.0. The molecule has 2 aliphatic heterocycles. The quantitative estimate of drug-likeness (QED) is 0.805. The van der Waals surface area contributed by atoms with Gasteiger partial charge in [0.15, 0.2) is 0 Å². The molecule has 6 heteroatoms. The first-order valence-corrected chi connectivity index (χ1v) is 7.40. The van der Waals surface area contributed by atoms with Crippen LogP contribution >= 0.6 is 0 Å². The fourth-order valence-corrected chi connectivity index (χ4v) is 2.83. The highest BCUT2D eigenvalue weighted by Gasteiger charge is 2.29. The zero-order chi connectivity index (χ0) is 14.7. The van der Waals surface area contributed by atoms with E-state index in [4.69, 9.17) is 4.74 Å². The number of morpholine rings is 1. The third-order valence-corrected chi connectivity index (χ3v) is 4.02. The van der Waals surface area contributed by atoms with Gasteiger partial charge in [-0.3, -0.25) is 4.79 Å². The van der Waals surface area contributed by atoms with Gasteiger partial charge in [-0.25, -0.2) is 0 Å². The second-order valence-electron chi connectivity index (χ2n) is 5.36. The summed E-state index contributed by atoms with van der Waals surface area (Å²) in [6, 6.07) is 7.32. The van der Waals surface area contributed by atoms with Gasteiger partial charge in [0.25, 0.3) is 5.91 Å². The fraction of sp³-hybridized carbons (Fsp3) is 0.533. The maximum absolute atomic E-state index is 12.4. The standard InChI is InChI=1S/C15H21N3O3/c19-13-4-2-1-3-12(13)17-6-8-18(9-7-17)15(20)14-11-16-5-10-21-14/h1-4,14,16,19H,5-11H2. The van der Waals surface area contributed by atoms with Crippen molar-refractivity contribution in [3.05, 3.63) is 24.3 Å². The van der Waals surface area contributed by atoms with Crippen LogP contribution in [-0.2, 0) is 9.53 Å². The van der Waals surface area contributed by atoms with E-state index in [0.29, 0.717) is 26.2 Å². The molecular weight excluding hydrogens is 270 g/mol. The van der Waals surface area contributed by atoms with E-state index in [1.165, 1.54) is 0 Å². The summed E-state index contributed by atoms with van der Waals surface area (Å²) >= 11 is 0. The second-order valence-corrected chi connectivity index (χ2v) is 5.36. The van der Waals surface area contributed by atoms with Crippen molar-refractivity contribution >= 4 is 11.6 Å². The first-order chi connectivity index (χ1) is 10.3. The number of amides is 1. The van der Waals surface area contributed by atoms with Crippen LogP contribution in [0.2, 0.25) is 0 Å². The third kappa shape index (κ3) is 3.11. The van der Waals surface area contributed by atoms with Crippen LogP contribution < -0.4 is 10.2 Å². The molecule has 0 bridgehead atoms. The number of phenolic OH excluding ortho intramolecular Hbond substituents is 1. The third-order valence-electron chi connectivity index (χ3n) is 4.02. The SMILES string of the molecule is O=C(C1CNCCO1)N1CCN(c2ccccc2O)CC1. The topological polar surface area (TPSA) is 65.0 Å². The minimum absolute atomic E-state index is 0.0686. The molecule has 2 N–H and O–H groups in total. The molecule has 0 aliphatic carbocycles. The Morgan fingerprint density at radius 1 is 1.24 bits per heavy atom. The van der Waals surface area contributed by atoms with Gasteiger partial charge in [-0.1, -0.05) is 12.1 Å². The van der Waals surface area contributed by atoms with Crippen molar-refractivity contribution in [2.24, 2.45) is 0 Å². The zero-order valence-corrected chi connectivity index (χ0v) is 12.0. The van der Waals surface area contributed by atoms with E-state index in [-0.39, 0.29) is 17.8 Å². The van der Waals surface area contributed by atoms with Gasteiger partial charge in [0.1, 0.15) is 11.9 Å². The first kappa shape index (κ1) is 14.2. The highest BCUT2D eigenvalue weighted by atomic mass is 16.5. The van der Waals surface area contributed by atoms with Crippen molar-refractivity contribution < 1.29 is 14.6 Å². The number of nitrogens with zero attached hydrogens (tertiary/aromatic N) is 2. The Labute approximate surface area is 124 Å². The van der Waals surface area contributed by atoms with Gasteiger partial charge in [0, 0.05) is 39.3 Å². The highest BCUT2D eigenvalue weighted by Crippen LogP contribution is 2.27. The molecule has 1 aromatic carbocycles. The number of carbonyl (C=O) groups excluding carboxylic acids is 1. The van der Waals surface area contributed by atoms with E-state index >= 15 is 0 Å². The molecule has 2 heterocycles. The molecule has 0 radical (unpaired) electrons. The normalized spacial score (nSPS) is 23.1. The second kappa shape index (κ2) is 6.32. The fourth-order valence-electron chi connectivity index (χ4n) is 2.83. The number of para-hydroxylation sites is 2. The lowest BCUT2D eigenvalue weighted by Gasteiger charge is -2.38. The van der Waals surface area contributed by atoms with Crippen LogP contribution in [0.1, 0.15) is 0 Å². The van der Waals surface area contributed by atoms with Crippen LogP contribution in [0.4, 0.5) is 5.69 Å². The van der Waals surface area contributed by atoms with Crippen LogP contribution in [0.25, 0.3) is 0 Å². The van der Waals surface area contributed by atoms with Gasteiger partial charge >= 0.3 is 0 Å². The first-order valence-electron chi connectivity index (χ1n) is 7.40. The summed E-state index contributed by atoms with van der Waals surface area (Å²) in [5, 5.41) is 13.1. The minimum Gasteiger partial charge on any atom is -0.506 e. The Kier molecular flexibility index (Phi) is 4.26. The molecule has 21 heavy (non-hydrogen) atoms. The molecule has 2 saturated heterocycles. The van der Waals surface area contributed by atoms with E-state index in [1.54, 1.807) is 6.07 Å². The summed E-state index contributed by atoms with van der Waals surface area (Å²) in [6.45, 7) is 4.77. The number of rotatable bonds is 2. The van der Waals surface area contributed by atoms with Crippen LogP contribution in [0.3, 0.4) is 0 Å². The van der Waals surface area contributed by atoms with Crippen molar-refractivity contribution in [2.75, 3.05) is 50.8 Å². The van der Waals surface area contributed by atoms with Crippen LogP contribution in [0.15, 0.2) is 24.3 Å². The highest BCUT2D eigenvalue weighted by molar-refractivity contribution is 5.81. The van der Waals surface area contributed by atoms with Gasteiger partial charge in [-0.05, 0) is 12.1 Å².